The summed E-state index contributed by atoms with van der Waals surface area (Å²) in [6.07, 6.45) is 2.55. The number of rotatable bonds is 8. The van der Waals surface area contributed by atoms with Crippen molar-refractivity contribution in [2.75, 3.05) is 27.3 Å². The summed E-state index contributed by atoms with van der Waals surface area (Å²) >= 11 is 0. The third-order valence-electron chi connectivity index (χ3n) is 3.84. The van der Waals surface area contributed by atoms with E-state index in [1.54, 1.807) is 31.4 Å². The minimum absolute atomic E-state index is 0.0339. The molecule has 5 nitrogen and oxygen atoms in total. The molecule has 0 aromatic heterocycles. The Kier molecular flexibility index (Phi) is 5.44. The van der Waals surface area contributed by atoms with Gasteiger partial charge in [-0.15, -0.1) is 0 Å². The van der Waals surface area contributed by atoms with Crippen LogP contribution < -0.4 is 14.8 Å². The van der Waals surface area contributed by atoms with Crippen LogP contribution >= 0.6 is 0 Å². The summed E-state index contributed by atoms with van der Waals surface area (Å²) in [6, 6.07) is 8.24. The second kappa shape index (κ2) is 7.31. The molecule has 1 atom stereocenters. The Hall–Kier alpha value is -1.75. The number of ether oxygens (including phenoxy) is 2. The summed E-state index contributed by atoms with van der Waals surface area (Å²) in [4.78, 5) is 14.1. The molecule has 116 valence electrons. The van der Waals surface area contributed by atoms with E-state index in [0.717, 1.165) is 5.75 Å². The number of methoxy groups -OCH3 is 1. The predicted octanol–water partition coefficient (Wildman–Crippen LogP) is 1.67. The first-order chi connectivity index (χ1) is 10.1. The number of amides is 1. The van der Waals surface area contributed by atoms with Crippen molar-refractivity contribution in [1.82, 2.24) is 10.2 Å². The summed E-state index contributed by atoms with van der Waals surface area (Å²) in [6.45, 7) is 2.81. The van der Waals surface area contributed by atoms with E-state index in [0.29, 0.717) is 24.4 Å². The second-order valence-corrected chi connectivity index (χ2v) is 5.51. The number of benzene rings is 1. The van der Waals surface area contributed by atoms with E-state index in [1.165, 1.54) is 12.8 Å². The van der Waals surface area contributed by atoms with Gasteiger partial charge in [-0.2, -0.15) is 0 Å². The summed E-state index contributed by atoms with van der Waals surface area (Å²) in [7, 11) is 3.73. The fourth-order valence-corrected chi connectivity index (χ4v) is 2.12. The van der Waals surface area contributed by atoms with Gasteiger partial charge in [0.05, 0.1) is 7.11 Å². The minimum Gasteiger partial charge on any atom is -0.497 e. The maximum Gasteiger partial charge on any atom is 0.257 e. The lowest BCUT2D eigenvalue weighted by molar-refractivity contribution is -0.123. The van der Waals surface area contributed by atoms with Gasteiger partial charge < -0.3 is 14.8 Å². The molecule has 2 rings (SSSR count). The Morgan fingerprint density at radius 1 is 1.33 bits per heavy atom. The van der Waals surface area contributed by atoms with E-state index in [1.807, 2.05) is 0 Å². The highest BCUT2D eigenvalue weighted by atomic mass is 16.5. The molecular weight excluding hydrogens is 268 g/mol. The van der Waals surface area contributed by atoms with Crippen molar-refractivity contribution in [1.29, 1.82) is 0 Å². The summed E-state index contributed by atoms with van der Waals surface area (Å²) in [5.41, 5.74) is 0. The summed E-state index contributed by atoms with van der Waals surface area (Å²) in [5, 5.41) is 2.91. The number of nitrogens with one attached hydrogen (secondary N) is 1. The van der Waals surface area contributed by atoms with Crippen LogP contribution in [0, 0.1) is 0 Å². The molecule has 21 heavy (non-hydrogen) atoms. The van der Waals surface area contributed by atoms with Crippen LogP contribution in [0.15, 0.2) is 24.3 Å². The van der Waals surface area contributed by atoms with Crippen molar-refractivity contribution >= 4 is 5.91 Å². The van der Waals surface area contributed by atoms with Crippen molar-refractivity contribution in [2.45, 2.75) is 31.8 Å². The molecule has 1 aromatic rings. The molecule has 1 saturated carbocycles. The van der Waals surface area contributed by atoms with Crippen LogP contribution in [0.1, 0.15) is 19.8 Å². The topological polar surface area (TPSA) is 50.8 Å². The van der Waals surface area contributed by atoms with Crippen LogP contribution in [0.4, 0.5) is 0 Å². The Morgan fingerprint density at radius 2 is 1.95 bits per heavy atom. The number of hydrogen-bond acceptors (Lipinski definition) is 4. The van der Waals surface area contributed by atoms with E-state index in [-0.39, 0.29) is 12.5 Å². The maximum absolute atomic E-state index is 11.8. The fourth-order valence-electron chi connectivity index (χ4n) is 2.12. The molecule has 1 aliphatic carbocycles. The highest BCUT2D eigenvalue weighted by Gasteiger charge is 2.29. The lowest BCUT2D eigenvalue weighted by atomic mass is 10.3. The first kappa shape index (κ1) is 15.6. The first-order valence-corrected chi connectivity index (χ1v) is 7.35. The molecule has 0 saturated heterocycles. The predicted molar refractivity (Wildman–Crippen MR) is 81.7 cm³/mol. The first-order valence-electron chi connectivity index (χ1n) is 7.35. The standard InChI is InChI=1S/C16H24N2O3/c1-12(18(2)13-4-5-13)10-17-16(19)11-21-15-8-6-14(20-3)7-9-15/h6-9,12-13H,4-5,10-11H2,1-3H3,(H,17,19)/t12-/m0/s1. The van der Waals surface area contributed by atoms with Crippen LogP contribution in [0.3, 0.4) is 0 Å². The molecule has 1 aromatic carbocycles. The van der Waals surface area contributed by atoms with E-state index in [4.69, 9.17) is 9.47 Å². The second-order valence-electron chi connectivity index (χ2n) is 5.51. The number of carbonyl (C=O) groups is 1. The molecule has 0 heterocycles. The van der Waals surface area contributed by atoms with Gasteiger partial charge in [0.2, 0.25) is 0 Å². The monoisotopic (exact) mass is 292 g/mol. The third-order valence-corrected chi connectivity index (χ3v) is 3.84. The minimum atomic E-state index is -0.0955. The van der Waals surface area contributed by atoms with Gasteiger partial charge in [0.25, 0.3) is 5.91 Å². The molecular formula is C16H24N2O3. The molecule has 0 aliphatic heterocycles. The lowest BCUT2D eigenvalue weighted by Gasteiger charge is -2.24. The number of hydrogen-bond donors (Lipinski definition) is 1. The van der Waals surface area contributed by atoms with Crippen LogP contribution in [-0.4, -0.2) is 50.2 Å². The molecule has 0 spiro atoms. The van der Waals surface area contributed by atoms with Crippen LogP contribution in [0.25, 0.3) is 0 Å². The summed E-state index contributed by atoms with van der Waals surface area (Å²) in [5.74, 6) is 1.33. The normalized spacial score (nSPS) is 15.6. The highest BCUT2D eigenvalue weighted by Crippen LogP contribution is 2.26. The molecule has 1 N–H and O–H groups in total. The molecule has 0 radical (unpaired) electrons. The molecule has 0 bridgehead atoms. The van der Waals surface area contributed by atoms with Gasteiger partial charge in [0.15, 0.2) is 6.61 Å². The molecule has 1 aliphatic rings. The number of likely N-dealkylation sites (N-methyl/N-ethyl adjacent to an activating group) is 1. The molecule has 5 heteroatoms. The van der Waals surface area contributed by atoms with Gasteiger partial charge in [-0.3, -0.25) is 9.69 Å². The Balaban J connectivity index is 1.66. The van der Waals surface area contributed by atoms with E-state index in [9.17, 15) is 4.79 Å². The smallest absolute Gasteiger partial charge is 0.257 e. The quantitative estimate of drug-likeness (QED) is 0.792. The number of carbonyl (C=O) groups excluding carboxylic acids is 1. The molecule has 1 fully saturated rings. The van der Waals surface area contributed by atoms with Crippen molar-refractivity contribution in [3.8, 4) is 11.5 Å². The average molecular weight is 292 g/mol. The van der Waals surface area contributed by atoms with Crippen molar-refractivity contribution < 1.29 is 14.3 Å². The van der Waals surface area contributed by atoms with Crippen LogP contribution in [0.5, 0.6) is 11.5 Å². The summed E-state index contributed by atoms with van der Waals surface area (Å²) < 4.78 is 10.5. The highest BCUT2D eigenvalue weighted by molar-refractivity contribution is 5.77. The Morgan fingerprint density at radius 3 is 2.52 bits per heavy atom. The van der Waals surface area contributed by atoms with Crippen LogP contribution in [-0.2, 0) is 4.79 Å². The van der Waals surface area contributed by atoms with Crippen molar-refractivity contribution in [3.63, 3.8) is 0 Å². The van der Waals surface area contributed by atoms with Gasteiger partial charge in [0, 0.05) is 18.6 Å². The van der Waals surface area contributed by atoms with E-state index in [2.05, 4.69) is 24.2 Å². The largest absolute Gasteiger partial charge is 0.497 e. The molecule has 1 amide bonds. The van der Waals surface area contributed by atoms with Gasteiger partial charge in [-0.1, -0.05) is 0 Å². The van der Waals surface area contributed by atoms with Crippen molar-refractivity contribution in [3.05, 3.63) is 24.3 Å². The number of nitrogens with zero attached hydrogens (tertiary/aromatic N) is 1. The van der Waals surface area contributed by atoms with Gasteiger partial charge in [-0.25, -0.2) is 0 Å². The zero-order valence-electron chi connectivity index (χ0n) is 13.0. The van der Waals surface area contributed by atoms with Gasteiger partial charge >= 0.3 is 0 Å². The Labute approximate surface area is 126 Å². The zero-order valence-corrected chi connectivity index (χ0v) is 13.0. The maximum atomic E-state index is 11.8. The van der Waals surface area contributed by atoms with Gasteiger partial charge in [0.1, 0.15) is 11.5 Å². The fraction of sp³-hybridized carbons (Fsp3) is 0.562. The average Bonchev–Trinajstić information content (AvgIpc) is 3.35. The molecule has 0 unspecified atom stereocenters. The van der Waals surface area contributed by atoms with Crippen LogP contribution in [0.2, 0.25) is 0 Å². The van der Waals surface area contributed by atoms with Gasteiger partial charge in [-0.05, 0) is 51.1 Å². The zero-order chi connectivity index (χ0) is 15.2. The van der Waals surface area contributed by atoms with E-state index >= 15 is 0 Å². The van der Waals surface area contributed by atoms with Crippen molar-refractivity contribution in [2.24, 2.45) is 0 Å². The Bertz CT molecular complexity index is 457. The lowest BCUT2D eigenvalue weighted by Crippen LogP contribution is -2.42. The van der Waals surface area contributed by atoms with E-state index < -0.39 is 0 Å². The SMILES string of the molecule is COc1ccc(OCC(=O)NC[C@H](C)N(C)C2CC2)cc1. The third kappa shape index (κ3) is 4.93.